The minimum Gasteiger partial charge on any atom is -0.489 e. The zero-order chi connectivity index (χ0) is 13.8. The predicted octanol–water partition coefficient (Wildman–Crippen LogP) is 4.10. The summed E-state index contributed by atoms with van der Waals surface area (Å²) in [6.07, 6.45) is 0. The van der Waals surface area contributed by atoms with E-state index in [9.17, 15) is 0 Å². The molecule has 0 aliphatic carbocycles. The average Bonchev–Trinajstić information content (AvgIpc) is 2.41. The van der Waals surface area contributed by atoms with Gasteiger partial charge in [0.2, 0.25) is 0 Å². The quantitative estimate of drug-likeness (QED) is 0.920. The number of hydrogen-bond acceptors (Lipinski definition) is 2. The van der Waals surface area contributed by atoms with E-state index in [0.717, 1.165) is 21.3 Å². The van der Waals surface area contributed by atoms with Crippen molar-refractivity contribution in [3.8, 4) is 5.75 Å². The first-order chi connectivity index (χ1) is 9.10. The Kier molecular flexibility index (Phi) is 4.61. The highest BCUT2D eigenvalue weighted by Gasteiger charge is 2.03. The van der Waals surface area contributed by atoms with Gasteiger partial charge >= 0.3 is 0 Å². The highest BCUT2D eigenvalue weighted by Crippen LogP contribution is 2.22. The van der Waals surface area contributed by atoms with Crippen LogP contribution in [0.1, 0.15) is 22.3 Å². The first-order valence-electron chi connectivity index (χ1n) is 6.27. The minimum atomic E-state index is 0.550. The maximum absolute atomic E-state index is 5.82. The van der Waals surface area contributed by atoms with E-state index in [1.165, 1.54) is 11.1 Å². The molecule has 0 bridgehead atoms. The highest BCUT2D eigenvalue weighted by molar-refractivity contribution is 9.10. The van der Waals surface area contributed by atoms with Crippen LogP contribution in [0.3, 0.4) is 0 Å². The third-order valence-electron chi connectivity index (χ3n) is 3.23. The summed E-state index contributed by atoms with van der Waals surface area (Å²) in [5.41, 5.74) is 10.4. The molecule has 2 aromatic rings. The monoisotopic (exact) mass is 319 g/mol. The van der Waals surface area contributed by atoms with Crippen molar-refractivity contribution in [3.05, 3.63) is 63.1 Å². The molecule has 2 N–H and O–H groups in total. The molecule has 0 atom stereocenters. The van der Waals surface area contributed by atoms with Crippen LogP contribution >= 0.6 is 15.9 Å². The standard InChI is InChI=1S/C16H18BrNO/c1-11-3-6-15(7-12(11)2)19-10-14-5-4-13(9-18)8-16(14)17/h3-8H,9-10,18H2,1-2H3. The molecular weight excluding hydrogens is 302 g/mol. The van der Waals surface area contributed by atoms with Crippen molar-refractivity contribution in [2.24, 2.45) is 5.73 Å². The summed E-state index contributed by atoms with van der Waals surface area (Å²) >= 11 is 3.55. The maximum atomic E-state index is 5.82. The van der Waals surface area contributed by atoms with E-state index in [1.54, 1.807) is 0 Å². The van der Waals surface area contributed by atoms with Gasteiger partial charge in [0.15, 0.2) is 0 Å². The number of rotatable bonds is 4. The number of benzene rings is 2. The van der Waals surface area contributed by atoms with Crippen LogP contribution in [0.15, 0.2) is 40.9 Å². The molecule has 0 spiro atoms. The normalized spacial score (nSPS) is 10.5. The second kappa shape index (κ2) is 6.22. The van der Waals surface area contributed by atoms with Crippen LogP contribution in [0.2, 0.25) is 0 Å². The summed E-state index contributed by atoms with van der Waals surface area (Å²) in [6.45, 7) is 5.29. The van der Waals surface area contributed by atoms with Gasteiger partial charge in [-0.25, -0.2) is 0 Å². The van der Waals surface area contributed by atoms with Gasteiger partial charge in [-0.2, -0.15) is 0 Å². The predicted molar refractivity (Wildman–Crippen MR) is 82.3 cm³/mol. The Bertz CT molecular complexity index is 581. The molecule has 2 rings (SSSR count). The number of ether oxygens (including phenoxy) is 1. The number of halogens is 1. The van der Waals surface area contributed by atoms with Gasteiger partial charge in [-0.1, -0.05) is 34.1 Å². The third-order valence-corrected chi connectivity index (χ3v) is 3.96. The fraction of sp³-hybridized carbons (Fsp3) is 0.250. The molecule has 0 radical (unpaired) electrons. The van der Waals surface area contributed by atoms with E-state index in [2.05, 4.69) is 41.9 Å². The van der Waals surface area contributed by atoms with Crippen LogP contribution in [-0.2, 0) is 13.2 Å². The summed E-state index contributed by atoms with van der Waals surface area (Å²) in [5, 5.41) is 0. The van der Waals surface area contributed by atoms with Gasteiger partial charge in [0.05, 0.1) is 0 Å². The lowest BCUT2D eigenvalue weighted by Gasteiger charge is -2.10. The van der Waals surface area contributed by atoms with Gasteiger partial charge in [0.25, 0.3) is 0 Å². The molecule has 100 valence electrons. The first kappa shape index (κ1) is 14.1. The molecule has 0 saturated heterocycles. The lowest BCUT2D eigenvalue weighted by atomic mass is 10.1. The molecule has 0 unspecified atom stereocenters. The second-order valence-electron chi connectivity index (χ2n) is 4.66. The fourth-order valence-corrected chi connectivity index (χ4v) is 2.34. The number of hydrogen-bond donors (Lipinski definition) is 1. The highest BCUT2D eigenvalue weighted by atomic mass is 79.9. The van der Waals surface area contributed by atoms with Crippen LogP contribution in [0.5, 0.6) is 5.75 Å². The van der Waals surface area contributed by atoms with E-state index in [1.807, 2.05) is 24.3 Å². The molecule has 0 aromatic heterocycles. The molecule has 0 fully saturated rings. The molecule has 19 heavy (non-hydrogen) atoms. The molecule has 0 saturated carbocycles. The zero-order valence-electron chi connectivity index (χ0n) is 11.2. The van der Waals surface area contributed by atoms with Crippen LogP contribution in [0, 0.1) is 13.8 Å². The van der Waals surface area contributed by atoms with E-state index in [4.69, 9.17) is 10.5 Å². The smallest absolute Gasteiger partial charge is 0.120 e. The summed E-state index contributed by atoms with van der Waals surface area (Å²) in [6, 6.07) is 12.3. The van der Waals surface area contributed by atoms with Crippen molar-refractivity contribution in [3.63, 3.8) is 0 Å². The first-order valence-corrected chi connectivity index (χ1v) is 7.07. The fourth-order valence-electron chi connectivity index (χ4n) is 1.80. The third kappa shape index (κ3) is 3.58. The van der Waals surface area contributed by atoms with Crippen LogP contribution < -0.4 is 10.5 Å². The van der Waals surface area contributed by atoms with Crippen LogP contribution in [0.4, 0.5) is 0 Å². The molecule has 0 aliphatic rings. The Labute approximate surface area is 122 Å². The van der Waals surface area contributed by atoms with Gasteiger partial charge < -0.3 is 10.5 Å². The molecule has 3 heteroatoms. The van der Waals surface area contributed by atoms with Gasteiger partial charge in [0, 0.05) is 16.6 Å². The van der Waals surface area contributed by atoms with Crippen molar-refractivity contribution in [2.75, 3.05) is 0 Å². The maximum Gasteiger partial charge on any atom is 0.120 e. The Morgan fingerprint density at radius 2 is 1.84 bits per heavy atom. The Morgan fingerprint density at radius 1 is 1.05 bits per heavy atom. The number of aryl methyl sites for hydroxylation is 2. The van der Waals surface area contributed by atoms with Crippen molar-refractivity contribution in [1.82, 2.24) is 0 Å². The van der Waals surface area contributed by atoms with E-state index >= 15 is 0 Å². The van der Waals surface area contributed by atoms with Crippen LogP contribution in [-0.4, -0.2) is 0 Å². The van der Waals surface area contributed by atoms with Crippen molar-refractivity contribution < 1.29 is 4.74 Å². The van der Waals surface area contributed by atoms with Gasteiger partial charge in [0.1, 0.15) is 12.4 Å². The summed E-state index contributed by atoms with van der Waals surface area (Å²) < 4.78 is 6.86. The molecular formula is C16H18BrNO. The van der Waals surface area contributed by atoms with Gasteiger partial charge in [-0.3, -0.25) is 0 Å². The van der Waals surface area contributed by atoms with Crippen molar-refractivity contribution in [2.45, 2.75) is 27.0 Å². The Hall–Kier alpha value is -1.32. The SMILES string of the molecule is Cc1ccc(OCc2ccc(CN)cc2Br)cc1C. The molecule has 2 nitrogen and oxygen atoms in total. The van der Waals surface area contributed by atoms with Gasteiger partial charge in [-0.05, 0) is 48.7 Å². The summed E-state index contributed by atoms with van der Waals surface area (Å²) in [5.74, 6) is 0.901. The molecule has 0 heterocycles. The molecule has 0 aliphatic heterocycles. The summed E-state index contributed by atoms with van der Waals surface area (Å²) in [4.78, 5) is 0. The topological polar surface area (TPSA) is 35.2 Å². The van der Waals surface area contributed by atoms with E-state index in [0.29, 0.717) is 13.2 Å². The lowest BCUT2D eigenvalue weighted by molar-refractivity contribution is 0.305. The van der Waals surface area contributed by atoms with Crippen molar-refractivity contribution in [1.29, 1.82) is 0 Å². The lowest BCUT2D eigenvalue weighted by Crippen LogP contribution is -2.00. The minimum absolute atomic E-state index is 0.550. The van der Waals surface area contributed by atoms with Crippen LogP contribution in [0.25, 0.3) is 0 Å². The number of nitrogens with two attached hydrogens (primary N) is 1. The largest absolute Gasteiger partial charge is 0.489 e. The Morgan fingerprint density at radius 3 is 2.47 bits per heavy atom. The molecule has 2 aromatic carbocycles. The van der Waals surface area contributed by atoms with E-state index < -0.39 is 0 Å². The Balaban J connectivity index is 2.07. The average molecular weight is 320 g/mol. The molecule has 0 amide bonds. The second-order valence-corrected chi connectivity index (χ2v) is 5.52. The summed E-state index contributed by atoms with van der Waals surface area (Å²) in [7, 11) is 0. The zero-order valence-corrected chi connectivity index (χ0v) is 12.8. The van der Waals surface area contributed by atoms with Crippen molar-refractivity contribution >= 4 is 15.9 Å². The van der Waals surface area contributed by atoms with Gasteiger partial charge in [-0.15, -0.1) is 0 Å². The van der Waals surface area contributed by atoms with E-state index in [-0.39, 0.29) is 0 Å².